The van der Waals surface area contributed by atoms with E-state index in [0.717, 1.165) is 12.8 Å². The lowest BCUT2D eigenvalue weighted by molar-refractivity contribution is 1.05. The average Bonchev–Trinajstić information content (AvgIpc) is 2.03. The molecule has 0 bridgehead atoms. The molecule has 1 aromatic rings. The highest BCUT2D eigenvalue weighted by atomic mass is 14.1. The fourth-order valence-electron chi connectivity index (χ4n) is 1.84. The molecule has 0 amide bonds. The predicted octanol–water partition coefficient (Wildman–Crippen LogP) is 3.43. The van der Waals surface area contributed by atoms with Gasteiger partial charge in [0.2, 0.25) is 0 Å². The van der Waals surface area contributed by atoms with Crippen molar-refractivity contribution in [2.24, 2.45) is 0 Å². The third kappa shape index (κ3) is 1.69. The predicted molar refractivity (Wildman–Crippen MR) is 54.7 cm³/mol. The van der Waals surface area contributed by atoms with Crippen molar-refractivity contribution >= 4 is 0 Å². The second-order valence-corrected chi connectivity index (χ2v) is 3.42. The molecular formula is C12H18. The van der Waals surface area contributed by atoms with Crippen LogP contribution >= 0.6 is 0 Å². The van der Waals surface area contributed by atoms with E-state index in [9.17, 15) is 0 Å². The molecule has 0 aliphatic rings. The Morgan fingerprint density at radius 2 is 1.42 bits per heavy atom. The summed E-state index contributed by atoms with van der Waals surface area (Å²) in [6.45, 7) is 8.86. The molecule has 0 aliphatic heterocycles. The molecule has 1 rings (SSSR count). The highest BCUT2D eigenvalue weighted by Gasteiger charge is 2.01. The van der Waals surface area contributed by atoms with Gasteiger partial charge in [0.1, 0.15) is 0 Å². The molecule has 0 fully saturated rings. The van der Waals surface area contributed by atoms with E-state index in [4.69, 9.17) is 0 Å². The van der Waals surface area contributed by atoms with Crippen molar-refractivity contribution in [2.45, 2.75) is 40.5 Å². The Morgan fingerprint density at radius 3 is 1.75 bits per heavy atom. The Hall–Kier alpha value is -0.780. The van der Waals surface area contributed by atoms with Crippen molar-refractivity contribution in [3.63, 3.8) is 0 Å². The summed E-state index contributed by atoms with van der Waals surface area (Å²) in [5, 5.41) is 0. The number of rotatable bonds is 2. The maximum absolute atomic E-state index is 2.31. The van der Waals surface area contributed by atoms with E-state index >= 15 is 0 Å². The molecule has 1 aromatic carbocycles. The van der Waals surface area contributed by atoms with Crippen LogP contribution < -0.4 is 0 Å². The Bertz CT molecular complexity index is 248. The van der Waals surface area contributed by atoms with E-state index < -0.39 is 0 Å². The van der Waals surface area contributed by atoms with Gasteiger partial charge in [0.25, 0.3) is 0 Å². The highest BCUT2D eigenvalue weighted by Crippen LogP contribution is 2.17. The topological polar surface area (TPSA) is 0 Å². The monoisotopic (exact) mass is 162 g/mol. The lowest BCUT2D eigenvalue weighted by Crippen LogP contribution is -1.94. The van der Waals surface area contributed by atoms with Crippen LogP contribution in [0.15, 0.2) is 12.1 Å². The number of hydrogen-bond donors (Lipinski definition) is 0. The fourth-order valence-corrected chi connectivity index (χ4v) is 1.84. The molecule has 0 aromatic heterocycles. The Kier molecular flexibility index (Phi) is 2.91. The molecule has 0 nitrogen and oxygen atoms in total. The summed E-state index contributed by atoms with van der Waals surface area (Å²) in [6.07, 6.45) is 2.30. The highest BCUT2D eigenvalue weighted by molar-refractivity contribution is 5.37. The van der Waals surface area contributed by atoms with Crippen molar-refractivity contribution in [3.05, 3.63) is 34.4 Å². The fraction of sp³-hybridized carbons (Fsp3) is 0.500. The van der Waals surface area contributed by atoms with Gasteiger partial charge >= 0.3 is 0 Å². The van der Waals surface area contributed by atoms with Gasteiger partial charge in [-0.3, -0.25) is 0 Å². The van der Waals surface area contributed by atoms with Crippen LogP contribution in [0, 0.1) is 13.8 Å². The van der Waals surface area contributed by atoms with Crippen LogP contribution in [0.4, 0.5) is 0 Å². The lowest BCUT2D eigenvalue weighted by atomic mass is 9.97. The molecule has 0 atom stereocenters. The van der Waals surface area contributed by atoms with E-state index in [-0.39, 0.29) is 0 Å². The Balaban J connectivity index is 3.18. The standard InChI is InChI=1S/C12H18/c1-5-11-7-9(3)12(6-2)10(4)8-11/h7-8H,5-6H2,1-4H3. The summed E-state index contributed by atoms with van der Waals surface area (Å²) in [5.41, 5.74) is 5.89. The first-order chi connectivity index (χ1) is 5.69. The molecule has 66 valence electrons. The van der Waals surface area contributed by atoms with Gasteiger partial charge in [0, 0.05) is 0 Å². The van der Waals surface area contributed by atoms with Crippen molar-refractivity contribution in [3.8, 4) is 0 Å². The van der Waals surface area contributed by atoms with E-state index in [1.165, 1.54) is 22.3 Å². The maximum atomic E-state index is 2.31. The van der Waals surface area contributed by atoms with Crippen LogP contribution in [0.1, 0.15) is 36.1 Å². The van der Waals surface area contributed by atoms with E-state index in [2.05, 4.69) is 39.8 Å². The van der Waals surface area contributed by atoms with Crippen molar-refractivity contribution < 1.29 is 0 Å². The smallest absolute Gasteiger partial charge is 0.0302 e. The molecule has 0 radical (unpaired) electrons. The van der Waals surface area contributed by atoms with Crippen LogP contribution in [-0.2, 0) is 12.8 Å². The second kappa shape index (κ2) is 3.75. The molecule has 0 N–H and O–H groups in total. The average molecular weight is 162 g/mol. The first kappa shape index (κ1) is 9.31. The van der Waals surface area contributed by atoms with Crippen molar-refractivity contribution in [1.29, 1.82) is 0 Å². The summed E-state index contributed by atoms with van der Waals surface area (Å²) in [6, 6.07) is 4.62. The van der Waals surface area contributed by atoms with Gasteiger partial charge in [-0.2, -0.15) is 0 Å². The van der Waals surface area contributed by atoms with Crippen LogP contribution in [0.5, 0.6) is 0 Å². The molecule has 0 unspecified atom stereocenters. The summed E-state index contributed by atoms with van der Waals surface area (Å²) in [5.74, 6) is 0. The number of benzene rings is 1. The van der Waals surface area contributed by atoms with Crippen LogP contribution in [0.25, 0.3) is 0 Å². The quantitative estimate of drug-likeness (QED) is 0.625. The minimum absolute atomic E-state index is 1.14. The van der Waals surface area contributed by atoms with Gasteiger partial charge in [-0.15, -0.1) is 0 Å². The van der Waals surface area contributed by atoms with Crippen LogP contribution in [0.3, 0.4) is 0 Å². The van der Waals surface area contributed by atoms with E-state index in [0.29, 0.717) is 0 Å². The summed E-state index contributed by atoms with van der Waals surface area (Å²) < 4.78 is 0. The van der Waals surface area contributed by atoms with Gasteiger partial charge in [-0.1, -0.05) is 26.0 Å². The van der Waals surface area contributed by atoms with Gasteiger partial charge in [-0.25, -0.2) is 0 Å². The molecular weight excluding hydrogens is 144 g/mol. The zero-order valence-corrected chi connectivity index (χ0v) is 8.57. The molecule has 0 heterocycles. The number of aryl methyl sites for hydroxylation is 3. The van der Waals surface area contributed by atoms with E-state index in [1.54, 1.807) is 0 Å². The van der Waals surface area contributed by atoms with Crippen molar-refractivity contribution in [2.75, 3.05) is 0 Å². The lowest BCUT2D eigenvalue weighted by Gasteiger charge is -2.09. The Labute approximate surface area is 75.6 Å². The molecule has 0 heteroatoms. The molecule has 0 saturated heterocycles. The summed E-state index contributed by atoms with van der Waals surface area (Å²) in [4.78, 5) is 0. The van der Waals surface area contributed by atoms with Gasteiger partial charge < -0.3 is 0 Å². The van der Waals surface area contributed by atoms with Gasteiger partial charge in [0.05, 0.1) is 0 Å². The third-order valence-electron chi connectivity index (χ3n) is 2.52. The zero-order valence-electron chi connectivity index (χ0n) is 8.57. The largest absolute Gasteiger partial charge is 0.0613 e. The number of hydrogen-bond acceptors (Lipinski definition) is 0. The first-order valence-electron chi connectivity index (χ1n) is 4.78. The zero-order chi connectivity index (χ0) is 9.14. The van der Waals surface area contributed by atoms with Crippen molar-refractivity contribution in [1.82, 2.24) is 0 Å². The molecule has 0 saturated carbocycles. The Morgan fingerprint density at radius 1 is 0.917 bits per heavy atom. The molecule has 0 aliphatic carbocycles. The minimum Gasteiger partial charge on any atom is -0.0613 e. The summed E-state index contributed by atoms with van der Waals surface area (Å²) in [7, 11) is 0. The molecule has 12 heavy (non-hydrogen) atoms. The molecule has 0 spiro atoms. The van der Waals surface area contributed by atoms with Crippen LogP contribution in [-0.4, -0.2) is 0 Å². The van der Waals surface area contributed by atoms with Crippen LogP contribution in [0.2, 0.25) is 0 Å². The summed E-state index contributed by atoms with van der Waals surface area (Å²) >= 11 is 0. The minimum atomic E-state index is 1.14. The third-order valence-corrected chi connectivity index (χ3v) is 2.52. The van der Waals surface area contributed by atoms with E-state index in [1.807, 2.05) is 0 Å². The van der Waals surface area contributed by atoms with Gasteiger partial charge in [-0.05, 0) is 48.9 Å². The van der Waals surface area contributed by atoms with Gasteiger partial charge in [0.15, 0.2) is 0 Å². The normalized spacial score (nSPS) is 10.3. The SMILES string of the molecule is CCc1cc(C)c(CC)c(C)c1. The first-order valence-corrected chi connectivity index (χ1v) is 4.78. The second-order valence-electron chi connectivity index (χ2n) is 3.42. The maximum Gasteiger partial charge on any atom is -0.0302 e.